The second-order valence-corrected chi connectivity index (χ2v) is 4.89. The Morgan fingerprint density at radius 2 is 2.20 bits per heavy atom. The van der Waals surface area contributed by atoms with E-state index in [1.165, 1.54) is 0 Å². The maximum Gasteiger partial charge on any atom is 0.274 e. The number of carbonyl (C=O) groups excluding carboxylic acids is 1. The molecule has 3 rings (SSSR count). The number of pyridine rings is 1. The highest BCUT2D eigenvalue weighted by atomic mass is 16.3. The molecule has 3 aromatic rings. The molecule has 20 heavy (non-hydrogen) atoms. The number of aryl methyl sites for hydroxylation is 1. The van der Waals surface area contributed by atoms with Gasteiger partial charge in [-0.05, 0) is 24.6 Å². The summed E-state index contributed by atoms with van der Waals surface area (Å²) in [4.78, 5) is 18.3. The Bertz CT molecular complexity index is 744. The molecule has 0 unspecified atom stereocenters. The highest BCUT2D eigenvalue weighted by molar-refractivity contribution is 5.92. The van der Waals surface area contributed by atoms with Gasteiger partial charge in [0.1, 0.15) is 11.3 Å². The number of rotatable bonds is 3. The standard InChI is InChI=1S/C15H15N3O2/c1-11-3-4-14-16-13(9-18(14)7-11)15(19)17(2)8-12-5-6-20-10-12/h3-7,9-10H,8H2,1-2H3. The predicted molar refractivity (Wildman–Crippen MR) is 74.4 cm³/mol. The van der Waals surface area contributed by atoms with Crippen molar-refractivity contribution in [3.8, 4) is 0 Å². The van der Waals surface area contributed by atoms with Gasteiger partial charge >= 0.3 is 0 Å². The van der Waals surface area contributed by atoms with E-state index >= 15 is 0 Å². The van der Waals surface area contributed by atoms with Crippen LogP contribution < -0.4 is 0 Å². The summed E-state index contributed by atoms with van der Waals surface area (Å²) in [6.07, 6.45) is 6.95. The molecular formula is C15H15N3O2. The van der Waals surface area contributed by atoms with Crippen LogP contribution in [0, 0.1) is 6.92 Å². The fourth-order valence-corrected chi connectivity index (χ4v) is 2.13. The molecule has 1 amide bonds. The molecular weight excluding hydrogens is 254 g/mol. The van der Waals surface area contributed by atoms with Crippen molar-refractivity contribution in [2.45, 2.75) is 13.5 Å². The first-order chi connectivity index (χ1) is 9.63. The number of hydrogen-bond acceptors (Lipinski definition) is 3. The van der Waals surface area contributed by atoms with Gasteiger partial charge in [0.25, 0.3) is 5.91 Å². The van der Waals surface area contributed by atoms with E-state index in [-0.39, 0.29) is 5.91 Å². The molecule has 0 fully saturated rings. The van der Waals surface area contributed by atoms with Crippen molar-refractivity contribution in [2.75, 3.05) is 7.05 Å². The van der Waals surface area contributed by atoms with Gasteiger partial charge in [0.2, 0.25) is 0 Å². The van der Waals surface area contributed by atoms with Crippen molar-refractivity contribution in [1.82, 2.24) is 14.3 Å². The summed E-state index contributed by atoms with van der Waals surface area (Å²) in [7, 11) is 1.75. The van der Waals surface area contributed by atoms with Crippen molar-refractivity contribution in [3.05, 3.63) is 59.9 Å². The molecule has 3 aromatic heterocycles. The number of carbonyl (C=O) groups is 1. The van der Waals surface area contributed by atoms with E-state index in [9.17, 15) is 4.79 Å². The SMILES string of the molecule is Cc1ccc2nc(C(=O)N(C)Cc3ccoc3)cn2c1. The second kappa shape index (κ2) is 4.85. The summed E-state index contributed by atoms with van der Waals surface area (Å²) in [6.45, 7) is 2.51. The fraction of sp³-hybridized carbons (Fsp3) is 0.200. The lowest BCUT2D eigenvalue weighted by Gasteiger charge is -2.14. The largest absolute Gasteiger partial charge is 0.472 e. The fourth-order valence-electron chi connectivity index (χ4n) is 2.13. The first-order valence-electron chi connectivity index (χ1n) is 6.35. The summed E-state index contributed by atoms with van der Waals surface area (Å²) in [5.74, 6) is -0.104. The van der Waals surface area contributed by atoms with Crippen LogP contribution in [-0.2, 0) is 6.54 Å². The minimum Gasteiger partial charge on any atom is -0.472 e. The van der Waals surface area contributed by atoms with Crippen LogP contribution in [0.2, 0.25) is 0 Å². The van der Waals surface area contributed by atoms with Crippen LogP contribution in [-0.4, -0.2) is 27.2 Å². The third-order valence-electron chi connectivity index (χ3n) is 3.16. The van der Waals surface area contributed by atoms with Gasteiger partial charge < -0.3 is 13.7 Å². The number of aromatic nitrogens is 2. The van der Waals surface area contributed by atoms with Crippen molar-refractivity contribution in [2.24, 2.45) is 0 Å². The number of nitrogens with zero attached hydrogens (tertiary/aromatic N) is 3. The molecule has 0 atom stereocenters. The number of furan rings is 1. The lowest BCUT2D eigenvalue weighted by molar-refractivity contribution is 0.0780. The monoisotopic (exact) mass is 269 g/mol. The molecule has 0 saturated carbocycles. The van der Waals surface area contributed by atoms with Gasteiger partial charge in [-0.2, -0.15) is 0 Å². The van der Waals surface area contributed by atoms with E-state index < -0.39 is 0 Å². The molecule has 5 nitrogen and oxygen atoms in total. The van der Waals surface area contributed by atoms with Crippen LogP contribution in [0.4, 0.5) is 0 Å². The zero-order valence-electron chi connectivity index (χ0n) is 11.4. The topological polar surface area (TPSA) is 50.8 Å². The third-order valence-corrected chi connectivity index (χ3v) is 3.16. The Labute approximate surface area is 116 Å². The van der Waals surface area contributed by atoms with Gasteiger partial charge in [-0.25, -0.2) is 4.98 Å². The second-order valence-electron chi connectivity index (χ2n) is 4.89. The van der Waals surface area contributed by atoms with Crippen LogP contribution in [0.1, 0.15) is 21.6 Å². The molecule has 102 valence electrons. The van der Waals surface area contributed by atoms with Crippen molar-refractivity contribution >= 4 is 11.6 Å². The van der Waals surface area contributed by atoms with Crippen molar-refractivity contribution in [1.29, 1.82) is 0 Å². The van der Waals surface area contributed by atoms with Gasteiger partial charge in [0.15, 0.2) is 0 Å². The molecule has 0 aliphatic heterocycles. The van der Waals surface area contributed by atoms with Crippen molar-refractivity contribution < 1.29 is 9.21 Å². The summed E-state index contributed by atoms with van der Waals surface area (Å²) in [5, 5.41) is 0. The lowest BCUT2D eigenvalue weighted by Crippen LogP contribution is -2.26. The first kappa shape index (κ1) is 12.5. The van der Waals surface area contributed by atoms with Gasteiger partial charge in [-0.3, -0.25) is 4.79 Å². The summed E-state index contributed by atoms with van der Waals surface area (Å²) < 4.78 is 6.87. The molecule has 0 radical (unpaired) electrons. The Morgan fingerprint density at radius 3 is 2.95 bits per heavy atom. The molecule has 0 aromatic carbocycles. The van der Waals surface area contributed by atoms with Crippen LogP contribution in [0.15, 0.2) is 47.5 Å². The Morgan fingerprint density at radius 1 is 1.35 bits per heavy atom. The first-order valence-corrected chi connectivity index (χ1v) is 6.35. The van der Waals surface area contributed by atoms with Gasteiger partial charge in [-0.1, -0.05) is 6.07 Å². The average molecular weight is 269 g/mol. The Kier molecular flexibility index (Phi) is 3.02. The molecule has 0 saturated heterocycles. The third kappa shape index (κ3) is 2.30. The van der Waals surface area contributed by atoms with Gasteiger partial charge in [-0.15, -0.1) is 0 Å². The number of amides is 1. The quantitative estimate of drug-likeness (QED) is 0.734. The normalized spacial score (nSPS) is 10.9. The van der Waals surface area contributed by atoms with Crippen LogP contribution in [0.25, 0.3) is 5.65 Å². The zero-order valence-corrected chi connectivity index (χ0v) is 11.4. The molecule has 0 aliphatic carbocycles. The number of fused-ring (bicyclic) bond motifs is 1. The minimum absolute atomic E-state index is 0.104. The molecule has 0 spiro atoms. The van der Waals surface area contributed by atoms with E-state index in [1.54, 1.807) is 30.7 Å². The van der Waals surface area contributed by atoms with Crippen LogP contribution >= 0.6 is 0 Å². The summed E-state index contributed by atoms with van der Waals surface area (Å²) >= 11 is 0. The number of imidazole rings is 1. The Hall–Kier alpha value is -2.56. The molecule has 0 aliphatic rings. The average Bonchev–Trinajstić information content (AvgIpc) is 3.06. The molecule has 0 N–H and O–H groups in total. The highest BCUT2D eigenvalue weighted by Gasteiger charge is 2.16. The van der Waals surface area contributed by atoms with Gasteiger partial charge in [0, 0.05) is 31.5 Å². The Balaban J connectivity index is 1.84. The van der Waals surface area contributed by atoms with E-state index in [1.807, 2.05) is 35.7 Å². The van der Waals surface area contributed by atoms with E-state index in [0.29, 0.717) is 12.2 Å². The lowest BCUT2D eigenvalue weighted by atomic mass is 10.3. The van der Waals surface area contributed by atoms with E-state index in [2.05, 4.69) is 4.98 Å². The van der Waals surface area contributed by atoms with Gasteiger partial charge in [0.05, 0.1) is 12.5 Å². The van der Waals surface area contributed by atoms with Crippen LogP contribution in [0.5, 0.6) is 0 Å². The smallest absolute Gasteiger partial charge is 0.274 e. The summed E-state index contributed by atoms with van der Waals surface area (Å²) in [5.41, 5.74) is 3.30. The maximum absolute atomic E-state index is 12.3. The van der Waals surface area contributed by atoms with E-state index in [0.717, 1.165) is 16.8 Å². The molecule has 0 bridgehead atoms. The van der Waals surface area contributed by atoms with Crippen molar-refractivity contribution in [3.63, 3.8) is 0 Å². The van der Waals surface area contributed by atoms with E-state index in [4.69, 9.17) is 4.42 Å². The maximum atomic E-state index is 12.3. The summed E-state index contributed by atoms with van der Waals surface area (Å²) in [6, 6.07) is 5.73. The minimum atomic E-state index is -0.104. The number of hydrogen-bond donors (Lipinski definition) is 0. The predicted octanol–water partition coefficient (Wildman–Crippen LogP) is 2.51. The zero-order chi connectivity index (χ0) is 14.1. The highest BCUT2D eigenvalue weighted by Crippen LogP contribution is 2.11. The molecule has 3 heterocycles. The molecule has 5 heteroatoms. The van der Waals surface area contributed by atoms with Crippen LogP contribution in [0.3, 0.4) is 0 Å².